The van der Waals surface area contributed by atoms with Crippen molar-refractivity contribution in [1.82, 2.24) is 9.55 Å². The second-order valence-electron chi connectivity index (χ2n) is 3.61. The van der Waals surface area contributed by atoms with Crippen molar-refractivity contribution in [2.75, 3.05) is 5.73 Å². The van der Waals surface area contributed by atoms with Gasteiger partial charge in [-0.2, -0.15) is 0 Å². The van der Waals surface area contributed by atoms with Crippen LogP contribution in [0.1, 0.15) is 16.2 Å². The molecule has 0 aliphatic rings. The van der Waals surface area contributed by atoms with Gasteiger partial charge in [0.05, 0.1) is 16.3 Å². The molecule has 0 radical (unpaired) electrons. The molecule has 1 amide bonds. The van der Waals surface area contributed by atoms with Crippen LogP contribution in [0.2, 0.25) is 5.02 Å². The van der Waals surface area contributed by atoms with Crippen molar-refractivity contribution in [3.63, 3.8) is 0 Å². The molecule has 0 fully saturated rings. The van der Waals surface area contributed by atoms with E-state index in [1.54, 1.807) is 30.0 Å². The predicted octanol–water partition coefficient (Wildman–Crippen LogP) is 1.52. The zero-order valence-corrected chi connectivity index (χ0v) is 9.90. The third-order valence-electron chi connectivity index (χ3n) is 2.42. The van der Waals surface area contributed by atoms with Gasteiger partial charge < -0.3 is 16.0 Å². The molecule has 6 heteroatoms. The minimum absolute atomic E-state index is 0.274. The number of nitrogens with two attached hydrogens (primary N) is 2. The summed E-state index contributed by atoms with van der Waals surface area (Å²) >= 11 is 6.11. The van der Waals surface area contributed by atoms with E-state index in [4.69, 9.17) is 23.1 Å². The van der Waals surface area contributed by atoms with Gasteiger partial charge in [0.25, 0.3) is 5.91 Å². The standard InChI is InChI=1S/C11H11ClN4O/c1-6-15-2-3-16(6)10-8(11(14)17)4-7(13)5-9(10)12/h2-5H,13H2,1H3,(H2,14,17). The molecule has 5 nitrogen and oxygen atoms in total. The lowest BCUT2D eigenvalue weighted by molar-refractivity contribution is 0.100. The fourth-order valence-electron chi connectivity index (χ4n) is 1.67. The van der Waals surface area contributed by atoms with Crippen LogP contribution in [0.15, 0.2) is 24.5 Å². The highest BCUT2D eigenvalue weighted by atomic mass is 35.5. The summed E-state index contributed by atoms with van der Waals surface area (Å²) in [6, 6.07) is 3.08. The predicted molar refractivity (Wildman–Crippen MR) is 66.2 cm³/mol. The van der Waals surface area contributed by atoms with E-state index in [9.17, 15) is 4.79 Å². The zero-order valence-electron chi connectivity index (χ0n) is 9.14. The minimum atomic E-state index is -0.581. The number of primary amides is 1. The van der Waals surface area contributed by atoms with Crippen molar-refractivity contribution < 1.29 is 4.79 Å². The van der Waals surface area contributed by atoms with Crippen LogP contribution in [0.3, 0.4) is 0 Å². The second-order valence-corrected chi connectivity index (χ2v) is 4.01. The molecule has 4 N–H and O–H groups in total. The smallest absolute Gasteiger partial charge is 0.250 e. The van der Waals surface area contributed by atoms with Crippen LogP contribution in [0.25, 0.3) is 5.69 Å². The normalized spacial score (nSPS) is 10.5. The van der Waals surface area contributed by atoms with Crippen LogP contribution in [0.5, 0.6) is 0 Å². The number of amides is 1. The number of nitrogens with zero attached hydrogens (tertiary/aromatic N) is 2. The van der Waals surface area contributed by atoms with E-state index in [-0.39, 0.29) is 5.56 Å². The molecule has 0 aliphatic heterocycles. The van der Waals surface area contributed by atoms with Gasteiger partial charge in [-0.1, -0.05) is 11.6 Å². The van der Waals surface area contributed by atoms with Crippen LogP contribution in [-0.4, -0.2) is 15.5 Å². The minimum Gasteiger partial charge on any atom is -0.399 e. The first kappa shape index (κ1) is 11.5. The zero-order chi connectivity index (χ0) is 12.6. The van der Waals surface area contributed by atoms with Gasteiger partial charge in [-0.05, 0) is 19.1 Å². The second kappa shape index (κ2) is 4.10. The molecule has 0 bridgehead atoms. The molecular formula is C11H11ClN4O. The molecule has 0 spiro atoms. The molecular weight excluding hydrogens is 240 g/mol. The maximum atomic E-state index is 11.4. The maximum Gasteiger partial charge on any atom is 0.250 e. The maximum absolute atomic E-state index is 11.4. The monoisotopic (exact) mass is 250 g/mol. The summed E-state index contributed by atoms with van der Waals surface area (Å²) in [5.74, 6) is 0.126. The van der Waals surface area contributed by atoms with Crippen molar-refractivity contribution in [3.8, 4) is 5.69 Å². The SMILES string of the molecule is Cc1nccn1-c1c(Cl)cc(N)cc1C(N)=O. The summed E-state index contributed by atoms with van der Waals surface area (Å²) in [6.45, 7) is 1.80. The largest absolute Gasteiger partial charge is 0.399 e. The number of imidazole rings is 1. The highest BCUT2D eigenvalue weighted by Crippen LogP contribution is 2.28. The van der Waals surface area contributed by atoms with Gasteiger partial charge in [0, 0.05) is 18.1 Å². The first-order valence-corrected chi connectivity index (χ1v) is 5.27. The Morgan fingerprint density at radius 3 is 2.71 bits per heavy atom. The van der Waals surface area contributed by atoms with Crippen LogP contribution < -0.4 is 11.5 Å². The van der Waals surface area contributed by atoms with E-state index in [1.165, 1.54) is 6.07 Å². The van der Waals surface area contributed by atoms with Gasteiger partial charge in [-0.3, -0.25) is 4.79 Å². The number of hydrogen-bond acceptors (Lipinski definition) is 3. The number of carbonyl (C=O) groups excluding carboxylic acids is 1. The van der Waals surface area contributed by atoms with E-state index in [0.717, 1.165) is 0 Å². The Morgan fingerprint density at radius 2 is 2.18 bits per heavy atom. The third kappa shape index (κ3) is 1.97. The van der Waals surface area contributed by atoms with Crippen molar-refractivity contribution in [2.24, 2.45) is 5.73 Å². The molecule has 1 heterocycles. The molecule has 0 unspecified atom stereocenters. The average Bonchev–Trinajstić information content (AvgIpc) is 2.63. The Bertz CT molecular complexity index is 591. The van der Waals surface area contributed by atoms with Crippen molar-refractivity contribution in [1.29, 1.82) is 0 Å². The lowest BCUT2D eigenvalue weighted by Gasteiger charge is -2.12. The number of benzene rings is 1. The quantitative estimate of drug-likeness (QED) is 0.792. The Balaban J connectivity index is 2.76. The Labute approximate surface area is 103 Å². The summed E-state index contributed by atoms with van der Waals surface area (Å²) in [4.78, 5) is 15.5. The lowest BCUT2D eigenvalue weighted by atomic mass is 10.1. The Hall–Kier alpha value is -2.01. The Kier molecular flexibility index (Phi) is 2.77. The number of halogens is 1. The molecule has 17 heavy (non-hydrogen) atoms. The number of carbonyl (C=O) groups is 1. The van der Waals surface area contributed by atoms with Crippen molar-refractivity contribution in [2.45, 2.75) is 6.92 Å². The van der Waals surface area contributed by atoms with Gasteiger partial charge in [0.15, 0.2) is 0 Å². The number of anilines is 1. The summed E-state index contributed by atoms with van der Waals surface area (Å²) in [5.41, 5.74) is 12.1. The van der Waals surface area contributed by atoms with Gasteiger partial charge in [-0.15, -0.1) is 0 Å². The number of aryl methyl sites for hydroxylation is 1. The number of aromatic nitrogens is 2. The molecule has 1 aromatic heterocycles. The highest BCUT2D eigenvalue weighted by Gasteiger charge is 2.16. The summed E-state index contributed by atoms with van der Waals surface area (Å²) in [5, 5.41) is 0.361. The molecule has 1 aromatic carbocycles. The molecule has 0 atom stereocenters. The molecule has 0 saturated heterocycles. The number of rotatable bonds is 2. The first-order valence-electron chi connectivity index (χ1n) is 4.90. The van der Waals surface area contributed by atoms with Crippen LogP contribution >= 0.6 is 11.6 Å². The number of hydrogen-bond donors (Lipinski definition) is 2. The van der Waals surface area contributed by atoms with Gasteiger partial charge in [0.1, 0.15) is 5.82 Å². The third-order valence-corrected chi connectivity index (χ3v) is 2.71. The van der Waals surface area contributed by atoms with Gasteiger partial charge in [-0.25, -0.2) is 4.98 Å². The highest BCUT2D eigenvalue weighted by molar-refractivity contribution is 6.33. The van der Waals surface area contributed by atoms with Crippen molar-refractivity contribution >= 4 is 23.2 Å². The van der Waals surface area contributed by atoms with E-state index in [0.29, 0.717) is 22.2 Å². The molecule has 2 rings (SSSR count). The van der Waals surface area contributed by atoms with Crippen molar-refractivity contribution in [3.05, 3.63) is 40.9 Å². The van der Waals surface area contributed by atoms with E-state index in [1.807, 2.05) is 0 Å². The van der Waals surface area contributed by atoms with E-state index >= 15 is 0 Å². The molecule has 0 aliphatic carbocycles. The topological polar surface area (TPSA) is 86.9 Å². The van der Waals surface area contributed by atoms with Gasteiger partial charge >= 0.3 is 0 Å². The van der Waals surface area contributed by atoms with Crippen LogP contribution in [0.4, 0.5) is 5.69 Å². The summed E-state index contributed by atoms with van der Waals surface area (Å²) < 4.78 is 1.70. The fraction of sp³-hybridized carbons (Fsp3) is 0.0909. The Morgan fingerprint density at radius 1 is 1.47 bits per heavy atom. The summed E-state index contributed by atoms with van der Waals surface area (Å²) in [7, 11) is 0. The van der Waals surface area contributed by atoms with E-state index < -0.39 is 5.91 Å². The average molecular weight is 251 g/mol. The van der Waals surface area contributed by atoms with Crippen LogP contribution in [-0.2, 0) is 0 Å². The first-order chi connectivity index (χ1) is 8.00. The fourth-order valence-corrected chi connectivity index (χ4v) is 1.99. The molecule has 2 aromatic rings. The van der Waals surface area contributed by atoms with Crippen LogP contribution in [0, 0.1) is 6.92 Å². The molecule has 0 saturated carbocycles. The number of nitrogen functional groups attached to an aromatic ring is 1. The molecule has 88 valence electrons. The summed E-state index contributed by atoms with van der Waals surface area (Å²) in [6.07, 6.45) is 3.33. The van der Waals surface area contributed by atoms with Gasteiger partial charge in [0.2, 0.25) is 0 Å². The van der Waals surface area contributed by atoms with E-state index in [2.05, 4.69) is 4.98 Å². The lowest BCUT2D eigenvalue weighted by Crippen LogP contribution is -2.16.